The number of carbonyl (C=O) groups excluding carboxylic acids is 2. The molecule has 0 bridgehead atoms. The molecule has 2 aromatic rings. The van der Waals surface area contributed by atoms with E-state index in [4.69, 9.17) is 11.6 Å². The van der Waals surface area contributed by atoms with Crippen molar-refractivity contribution < 1.29 is 9.59 Å². The second kappa shape index (κ2) is 10.6. The van der Waals surface area contributed by atoms with Crippen LogP contribution in [0.1, 0.15) is 37.0 Å². The van der Waals surface area contributed by atoms with Gasteiger partial charge in [0.1, 0.15) is 0 Å². The van der Waals surface area contributed by atoms with E-state index < -0.39 is 0 Å². The van der Waals surface area contributed by atoms with Crippen LogP contribution in [0.25, 0.3) is 0 Å². The van der Waals surface area contributed by atoms with E-state index in [1.54, 1.807) is 36.4 Å². The first-order chi connectivity index (χ1) is 13.0. The van der Waals surface area contributed by atoms with E-state index in [0.29, 0.717) is 16.3 Å². The minimum atomic E-state index is -0.187. The van der Waals surface area contributed by atoms with Crippen LogP contribution < -0.4 is 10.6 Å². The maximum atomic E-state index is 12.7. The number of benzene rings is 2. The van der Waals surface area contributed by atoms with Gasteiger partial charge in [0.05, 0.1) is 6.54 Å². The second-order valence-corrected chi connectivity index (χ2v) is 6.72. The average Bonchev–Trinajstić information content (AvgIpc) is 2.67. The molecule has 5 nitrogen and oxygen atoms in total. The zero-order chi connectivity index (χ0) is 19.6. The molecule has 0 fully saturated rings. The molecule has 0 aromatic heterocycles. The number of nitrogens with zero attached hydrogens (tertiary/aromatic N) is 1. The number of rotatable bonds is 9. The fourth-order valence-corrected chi connectivity index (χ4v) is 2.85. The number of anilines is 2. The lowest BCUT2D eigenvalue weighted by molar-refractivity contribution is -0.114. The van der Waals surface area contributed by atoms with Crippen LogP contribution in [0, 0.1) is 0 Å². The van der Waals surface area contributed by atoms with Gasteiger partial charge in [0.15, 0.2) is 0 Å². The van der Waals surface area contributed by atoms with Crippen LogP contribution in [0.4, 0.5) is 11.4 Å². The van der Waals surface area contributed by atoms with E-state index in [2.05, 4.69) is 24.5 Å². The Bertz CT molecular complexity index is 756. The third-order valence-corrected chi connectivity index (χ3v) is 4.22. The van der Waals surface area contributed by atoms with Crippen LogP contribution in [0.5, 0.6) is 0 Å². The highest BCUT2D eigenvalue weighted by atomic mass is 35.5. The predicted molar refractivity (Wildman–Crippen MR) is 111 cm³/mol. The molecule has 0 heterocycles. The average molecular weight is 388 g/mol. The largest absolute Gasteiger partial charge is 0.376 e. The Balaban J connectivity index is 1.96. The van der Waals surface area contributed by atoms with E-state index in [0.717, 1.165) is 31.6 Å². The Morgan fingerprint density at radius 1 is 0.963 bits per heavy atom. The Morgan fingerprint density at radius 2 is 1.63 bits per heavy atom. The maximum Gasteiger partial charge on any atom is 0.253 e. The smallest absolute Gasteiger partial charge is 0.253 e. The molecule has 0 spiro atoms. The van der Waals surface area contributed by atoms with Crippen LogP contribution in [-0.4, -0.2) is 36.3 Å². The van der Waals surface area contributed by atoms with Gasteiger partial charge in [-0.3, -0.25) is 9.59 Å². The van der Waals surface area contributed by atoms with Crippen molar-refractivity contribution in [2.24, 2.45) is 0 Å². The Hall–Kier alpha value is -2.53. The summed E-state index contributed by atoms with van der Waals surface area (Å²) in [6.45, 7) is 5.70. The van der Waals surface area contributed by atoms with Crippen LogP contribution >= 0.6 is 11.6 Å². The molecule has 0 radical (unpaired) electrons. The summed E-state index contributed by atoms with van der Waals surface area (Å²) in [5, 5.41) is 6.50. The van der Waals surface area contributed by atoms with E-state index in [9.17, 15) is 9.59 Å². The van der Waals surface area contributed by atoms with E-state index in [1.165, 1.54) is 0 Å². The SMILES string of the molecule is CCCN(CCC)C(=O)c1cccc(NC(=O)CNc2ccc(Cl)cc2)c1. The third-order valence-electron chi connectivity index (χ3n) is 3.96. The van der Waals surface area contributed by atoms with Crippen LogP contribution in [0.2, 0.25) is 5.02 Å². The lowest BCUT2D eigenvalue weighted by atomic mass is 10.1. The fraction of sp³-hybridized carbons (Fsp3) is 0.333. The number of halogens is 1. The first-order valence-electron chi connectivity index (χ1n) is 9.22. The molecular formula is C21H26ClN3O2. The van der Waals surface area contributed by atoms with Gasteiger partial charge in [-0.25, -0.2) is 0 Å². The molecular weight excluding hydrogens is 362 g/mol. The minimum absolute atomic E-state index is 0.00547. The summed E-state index contributed by atoms with van der Waals surface area (Å²) >= 11 is 5.85. The van der Waals surface area contributed by atoms with Gasteiger partial charge in [0, 0.05) is 35.1 Å². The van der Waals surface area contributed by atoms with Crippen LogP contribution in [-0.2, 0) is 4.79 Å². The van der Waals surface area contributed by atoms with Crippen molar-refractivity contribution in [3.8, 4) is 0 Å². The predicted octanol–water partition coefficient (Wildman–Crippen LogP) is 4.65. The monoisotopic (exact) mass is 387 g/mol. The molecule has 2 aromatic carbocycles. The lowest BCUT2D eigenvalue weighted by Gasteiger charge is -2.21. The zero-order valence-corrected chi connectivity index (χ0v) is 16.6. The first kappa shape index (κ1) is 20.8. The van der Waals surface area contributed by atoms with E-state index in [1.807, 2.05) is 17.0 Å². The molecule has 0 aliphatic heterocycles. The molecule has 144 valence electrons. The van der Waals surface area contributed by atoms with Crippen molar-refractivity contribution in [3.63, 3.8) is 0 Å². The number of amides is 2. The molecule has 0 unspecified atom stereocenters. The van der Waals surface area contributed by atoms with Gasteiger partial charge in [-0.05, 0) is 55.3 Å². The quantitative estimate of drug-likeness (QED) is 0.658. The van der Waals surface area contributed by atoms with Crippen molar-refractivity contribution in [1.82, 2.24) is 4.90 Å². The Labute approximate surface area is 165 Å². The van der Waals surface area contributed by atoms with Gasteiger partial charge in [-0.2, -0.15) is 0 Å². The zero-order valence-electron chi connectivity index (χ0n) is 15.8. The summed E-state index contributed by atoms with van der Waals surface area (Å²) in [6, 6.07) is 14.2. The van der Waals surface area contributed by atoms with Crippen molar-refractivity contribution >= 4 is 34.8 Å². The lowest BCUT2D eigenvalue weighted by Crippen LogP contribution is -2.32. The molecule has 0 saturated carbocycles. The first-order valence-corrected chi connectivity index (χ1v) is 9.60. The highest BCUT2D eigenvalue weighted by Gasteiger charge is 2.15. The van der Waals surface area contributed by atoms with E-state index >= 15 is 0 Å². The summed E-state index contributed by atoms with van der Waals surface area (Å²) in [5.41, 5.74) is 2.00. The highest BCUT2D eigenvalue weighted by Crippen LogP contribution is 2.15. The third kappa shape index (κ3) is 6.61. The normalized spacial score (nSPS) is 10.3. The minimum Gasteiger partial charge on any atom is -0.376 e. The molecule has 2 rings (SSSR count). The van der Waals surface area contributed by atoms with Crippen LogP contribution in [0.3, 0.4) is 0 Å². The summed E-state index contributed by atoms with van der Waals surface area (Å²) in [4.78, 5) is 26.7. The number of carbonyl (C=O) groups is 2. The van der Waals surface area contributed by atoms with Gasteiger partial charge in [-0.1, -0.05) is 31.5 Å². The number of hydrogen-bond acceptors (Lipinski definition) is 3. The summed E-state index contributed by atoms with van der Waals surface area (Å²) in [5.74, 6) is -0.192. The second-order valence-electron chi connectivity index (χ2n) is 6.28. The van der Waals surface area contributed by atoms with Gasteiger partial charge in [-0.15, -0.1) is 0 Å². The molecule has 2 amide bonds. The number of nitrogens with one attached hydrogen (secondary N) is 2. The molecule has 0 aliphatic rings. The molecule has 0 aliphatic carbocycles. The molecule has 0 atom stereocenters. The summed E-state index contributed by atoms with van der Waals surface area (Å²) < 4.78 is 0. The van der Waals surface area contributed by atoms with Crippen molar-refractivity contribution in [1.29, 1.82) is 0 Å². The standard InChI is InChI=1S/C21H26ClN3O2/c1-3-12-25(13-4-2)21(27)16-6-5-7-19(14-16)24-20(26)15-23-18-10-8-17(22)9-11-18/h5-11,14,23H,3-4,12-13,15H2,1-2H3,(H,24,26). The van der Waals surface area contributed by atoms with Crippen molar-refractivity contribution in [2.75, 3.05) is 30.3 Å². The Morgan fingerprint density at radius 3 is 2.26 bits per heavy atom. The molecule has 0 saturated heterocycles. The fourth-order valence-electron chi connectivity index (χ4n) is 2.72. The maximum absolute atomic E-state index is 12.7. The summed E-state index contributed by atoms with van der Waals surface area (Å²) in [7, 11) is 0. The highest BCUT2D eigenvalue weighted by molar-refractivity contribution is 6.30. The van der Waals surface area contributed by atoms with Crippen molar-refractivity contribution in [3.05, 3.63) is 59.1 Å². The number of hydrogen-bond donors (Lipinski definition) is 2. The summed E-state index contributed by atoms with van der Waals surface area (Å²) in [6.07, 6.45) is 1.83. The van der Waals surface area contributed by atoms with Gasteiger partial charge in [0.2, 0.25) is 5.91 Å². The molecule has 6 heteroatoms. The molecule has 2 N–H and O–H groups in total. The van der Waals surface area contributed by atoms with Gasteiger partial charge in [0.25, 0.3) is 5.91 Å². The molecule has 27 heavy (non-hydrogen) atoms. The van der Waals surface area contributed by atoms with Gasteiger partial charge < -0.3 is 15.5 Å². The van der Waals surface area contributed by atoms with Crippen LogP contribution in [0.15, 0.2) is 48.5 Å². The van der Waals surface area contributed by atoms with E-state index in [-0.39, 0.29) is 18.4 Å². The van der Waals surface area contributed by atoms with Gasteiger partial charge >= 0.3 is 0 Å². The van der Waals surface area contributed by atoms with Crippen molar-refractivity contribution in [2.45, 2.75) is 26.7 Å². The Kier molecular flexibility index (Phi) is 8.14. The topological polar surface area (TPSA) is 61.4 Å².